The van der Waals surface area contributed by atoms with Crippen LogP contribution in [0.5, 0.6) is 11.5 Å². The number of rotatable bonds is 6. The standard InChI is InChI=1S/C22H28N2O3/c1-15-5-7-19-14-24(10-9-18(19)11-15)16(2)22(25)23-13-17-6-8-20(26-3)21(12-17)27-4/h5-8,11-12,16H,9-10,13-14H2,1-4H3,(H,23,25)/t16-/m1/s1. The Bertz CT molecular complexity index is 819. The molecular weight excluding hydrogens is 340 g/mol. The Kier molecular flexibility index (Phi) is 6.01. The van der Waals surface area contributed by atoms with Gasteiger partial charge in [0.15, 0.2) is 11.5 Å². The smallest absolute Gasteiger partial charge is 0.237 e. The number of amides is 1. The Hall–Kier alpha value is -2.53. The summed E-state index contributed by atoms with van der Waals surface area (Å²) in [5.41, 5.74) is 5.01. The molecule has 1 aliphatic heterocycles. The second-order valence-electron chi connectivity index (χ2n) is 7.08. The molecule has 5 heteroatoms. The van der Waals surface area contributed by atoms with Crippen molar-refractivity contribution >= 4 is 5.91 Å². The molecule has 0 saturated carbocycles. The van der Waals surface area contributed by atoms with Gasteiger partial charge in [0.1, 0.15) is 0 Å². The van der Waals surface area contributed by atoms with Crippen molar-refractivity contribution in [2.24, 2.45) is 0 Å². The molecule has 2 aromatic rings. The first-order valence-electron chi connectivity index (χ1n) is 9.33. The SMILES string of the molecule is COc1ccc(CNC(=O)[C@@H](C)N2CCc3cc(C)ccc3C2)cc1OC. The largest absolute Gasteiger partial charge is 0.493 e. The molecule has 0 fully saturated rings. The highest BCUT2D eigenvalue weighted by molar-refractivity contribution is 5.81. The topological polar surface area (TPSA) is 50.8 Å². The van der Waals surface area contributed by atoms with Gasteiger partial charge in [-0.1, -0.05) is 29.8 Å². The quantitative estimate of drug-likeness (QED) is 0.851. The Morgan fingerprint density at radius 1 is 1.11 bits per heavy atom. The van der Waals surface area contributed by atoms with E-state index in [-0.39, 0.29) is 11.9 Å². The second-order valence-corrected chi connectivity index (χ2v) is 7.08. The molecule has 1 N–H and O–H groups in total. The van der Waals surface area contributed by atoms with Crippen molar-refractivity contribution in [2.75, 3.05) is 20.8 Å². The predicted molar refractivity (Wildman–Crippen MR) is 106 cm³/mol. The predicted octanol–water partition coefficient (Wildman–Crippen LogP) is 3.08. The number of nitrogens with zero attached hydrogens (tertiary/aromatic N) is 1. The van der Waals surface area contributed by atoms with Crippen LogP contribution in [0.3, 0.4) is 0 Å². The average Bonchev–Trinajstić information content (AvgIpc) is 2.70. The fraction of sp³-hybridized carbons (Fsp3) is 0.409. The first kappa shape index (κ1) is 19.2. The molecule has 2 aromatic carbocycles. The molecule has 27 heavy (non-hydrogen) atoms. The molecule has 0 bridgehead atoms. The number of aryl methyl sites for hydroxylation is 1. The molecule has 1 heterocycles. The van der Waals surface area contributed by atoms with Crippen LogP contribution in [0.15, 0.2) is 36.4 Å². The van der Waals surface area contributed by atoms with E-state index in [4.69, 9.17) is 9.47 Å². The van der Waals surface area contributed by atoms with Crippen LogP contribution in [0.4, 0.5) is 0 Å². The molecule has 1 aliphatic rings. The van der Waals surface area contributed by atoms with E-state index in [1.54, 1.807) is 14.2 Å². The van der Waals surface area contributed by atoms with Gasteiger partial charge in [-0.2, -0.15) is 0 Å². The number of carbonyl (C=O) groups excluding carboxylic acids is 1. The number of hydrogen-bond donors (Lipinski definition) is 1. The molecule has 0 aromatic heterocycles. The third-order valence-corrected chi connectivity index (χ3v) is 5.25. The molecule has 1 atom stereocenters. The Balaban J connectivity index is 1.59. The van der Waals surface area contributed by atoms with Crippen LogP contribution in [-0.2, 0) is 24.3 Å². The van der Waals surface area contributed by atoms with E-state index in [1.807, 2.05) is 25.1 Å². The van der Waals surface area contributed by atoms with Gasteiger partial charge in [0, 0.05) is 19.6 Å². The van der Waals surface area contributed by atoms with Crippen LogP contribution in [0, 0.1) is 6.92 Å². The van der Waals surface area contributed by atoms with Crippen molar-refractivity contribution in [3.8, 4) is 11.5 Å². The summed E-state index contributed by atoms with van der Waals surface area (Å²) in [6.45, 7) is 6.29. The van der Waals surface area contributed by atoms with Gasteiger partial charge in [-0.3, -0.25) is 9.69 Å². The molecule has 0 saturated heterocycles. The third kappa shape index (κ3) is 4.42. The molecule has 0 unspecified atom stereocenters. The maximum Gasteiger partial charge on any atom is 0.237 e. The lowest BCUT2D eigenvalue weighted by molar-refractivity contribution is -0.126. The maximum atomic E-state index is 12.7. The van der Waals surface area contributed by atoms with E-state index in [9.17, 15) is 4.79 Å². The molecule has 1 amide bonds. The van der Waals surface area contributed by atoms with Gasteiger partial charge in [-0.05, 0) is 49.1 Å². The third-order valence-electron chi connectivity index (χ3n) is 5.25. The number of nitrogens with one attached hydrogen (secondary N) is 1. The number of benzene rings is 2. The zero-order chi connectivity index (χ0) is 19.4. The highest BCUT2D eigenvalue weighted by Gasteiger charge is 2.25. The molecule has 3 rings (SSSR count). The lowest BCUT2D eigenvalue weighted by atomic mass is 9.96. The summed E-state index contributed by atoms with van der Waals surface area (Å²) in [5.74, 6) is 1.39. The number of carbonyl (C=O) groups is 1. The zero-order valence-corrected chi connectivity index (χ0v) is 16.5. The van der Waals surface area contributed by atoms with Crippen molar-refractivity contribution in [2.45, 2.75) is 39.4 Å². The van der Waals surface area contributed by atoms with Gasteiger partial charge >= 0.3 is 0 Å². The van der Waals surface area contributed by atoms with Crippen molar-refractivity contribution in [1.82, 2.24) is 10.2 Å². The lowest BCUT2D eigenvalue weighted by Crippen LogP contribution is -2.46. The highest BCUT2D eigenvalue weighted by Crippen LogP contribution is 2.27. The molecule has 0 spiro atoms. The van der Waals surface area contributed by atoms with Gasteiger partial charge < -0.3 is 14.8 Å². The van der Waals surface area contributed by atoms with Crippen LogP contribution >= 0.6 is 0 Å². The maximum absolute atomic E-state index is 12.7. The molecule has 0 radical (unpaired) electrons. The summed E-state index contributed by atoms with van der Waals surface area (Å²) >= 11 is 0. The monoisotopic (exact) mass is 368 g/mol. The van der Waals surface area contributed by atoms with Crippen molar-refractivity contribution in [3.63, 3.8) is 0 Å². The number of ether oxygens (including phenoxy) is 2. The summed E-state index contributed by atoms with van der Waals surface area (Å²) in [6, 6.07) is 12.1. The van der Waals surface area contributed by atoms with E-state index in [0.29, 0.717) is 18.0 Å². The molecule has 0 aliphatic carbocycles. The minimum atomic E-state index is -0.167. The van der Waals surface area contributed by atoms with Gasteiger partial charge in [0.2, 0.25) is 5.91 Å². The van der Waals surface area contributed by atoms with Gasteiger partial charge in [-0.15, -0.1) is 0 Å². The first-order valence-corrected chi connectivity index (χ1v) is 9.33. The van der Waals surface area contributed by atoms with Gasteiger partial charge in [-0.25, -0.2) is 0 Å². The van der Waals surface area contributed by atoms with E-state index in [0.717, 1.165) is 25.1 Å². The van der Waals surface area contributed by atoms with Crippen LogP contribution in [-0.4, -0.2) is 37.6 Å². The summed E-state index contributed by atoms with van der Waals surface area (Å²) in [5, 5.41) is 3.04. The normalized spacial score (nSPS) is 15.0. The molecule has 5 nitrogen and oxygen atoms in total. The fourth-order valence-electron chi connectivity index (χ4n) is 3.53. The lowest BCUT2D eigenvalue weighted by Gasteiger charge is -2.33. The number of methoxy groups -OCH3 is 2. The zero-order valence-electron chi connectivity index (χ0n) is 16.5. The Labute approximate surface area is 161 Å². The van der Waals surface area contributed by atoms with Crippen molar-refractivity contribution in [1.29, 1.82) is 0 Å². The Morgan fingerprint density at radius 2 is 1.89 bits per heavy atom. The average molecular weight is 368 g/mol. The van der Waals surface area contributed by atoms with E-state index in [1.165, 1.54) is 16.7 Å². The molecule has 144 valence electrons. The highest BCUT2D eigenvalue weighted by atomic mass is 16.5. The van der Waals surface area contributed by atoms with Crippen molar-refractivity contribution in [3.05, 3.63) is 58.7 Å². The van der Waals surface area contributed by atoms with Gasteiger partial charge in [0.05, 0.1) is 20.3 Å². The van der Waals surface area contributed by atoms with E-state index in [2.05, 4.69) is 35.3 Å². The number of fused-ring (bicyclic) bond motifs is 1. The van der Waals surface area contributed by atoms with E-state index < -0.39 is 0 Å². The van der Waals surface area contributed by atoms with Crippen LogP contribution in [0.1, 0.15) is 29.2 Å². The van der Waals surface area contributed by atoms with Crippen molar-refractivity contribution < 1.29 is 14.3 Å². The molecular formula is C22H28N2O3. The summed E-state index contributed by atoms with van der Waals surface area (Å²) in [4.78, 5) is 14.9. The second kappa shape index (κ2) is 8.44. The first-order chi connectivity index (χ1) is 13.0. The summed E-state index contributed by atoms with van der Waals surface area (Å²) < 4.78 is 10.6. The summed E-state index contributed by atoms with van der Waals surface area (Å²) in [7, 11) is 3.22. The van der Waals surface area contributed by atoms with Crippen LogP contribution < -0.4 is 14.8 Å². The summed E-state index contributed by atoms with van der Waals surface area (Å²) in [6.07, 6.45) is 0.990. The van der Waals surface area contributed by atoms with E-state index >= 15 is 0 Å². The van der Waals surface area contributed by atoms with Gasteiger partial charge in [0.25, 0.3) is 0 Å². The fourth-order valence-corrected chi connectivity index (χ4v) is 3.53. The minimum Gasteiger partial charge on any atom is -0.493 e. The van der Waals surface area contributed by atoms with Crippen LogP contribution in [0.25, 0.3) is 0 Å². The minimum absolute atomic E-state index is 0.0420. The number of hydrogen-bond acceptors (Lipinski definition) is 4. The van der Waals surface area contributed by atoms with Crippen LogP contribution in [0.2, 0.25) is 0 Å². The Morgan fingerprint density at radius 3 is 2.63 bits per heavy atom.